The molecule has 1 saturated heterocycles. The number of ether oxygens (including phenoxy) is 1. The summed E-state index contributed by atoms with van der Waals surface area (Å²) in [7, 11) is 0. The lowest BCUT2D eigenvalue weighted by atomic mass is 9.73. The summed E-state index contributed by atoms with van der Waals surface area (Å²) in [6.45, 7) is 14.0. The van der Waals surface area contributed by atoms with E-state index in [0.29, 0.717) is 0 Å². The Balaban J connectivity index is 2.15. The second kappa shape index (κ2) is 5.58. The maximum atomic E-state index is 6.25. The maximum absolute atomic E-state index is 6.25. The van der Waals surface area contributed by atoms with E-state index in [4.69, 9.17) is 10.5 Å². The molecule has 0 radical (unpaired) electrons. The molecule has 1 saturated carbocycles. The molecule has 0 amide bonds. The summed E-state index contributed by atoms with van der Waals surface area (Å²) in [6, 6.07) is 0. The largest absolute Gasteiger partial charge is 0.367 e. The highest BCUT2D eigenvalue weighted by atomic mass is 16.5. The summed E-state index contributed by atoms with van der Waals surface area (Å²) in [5.41, 5.74) is 6.31. The van der Waals surface area contributed by atoms with Gasteiger partial charge in [-0.3, -0.25) is 4.90 Å². The first-order valence-electron chi connectivity index (χ1n) is 8.37. The summed E-state index contributed by atoms with van der Waals surface area (Å²) in [4.78, 5) is 2.66. The van der Waals surface area contributed by atoms with Crippen molar-refractivity contribution < 1.29 is 4.74 Å². The van der Waals surface area contributed by atoms with E-state index >= 15 is 0 Å². The van der Waals surface area contributed by atoms with Crippen LogP contribution in [0.3, 0.4) is 0 Å². The molecule has 0 unspecified atom stereocenters. The van der Waals surface area contributed by atoms with E-state index in [9.17, 15) is 0 Å². The fourth-order valence-electron chi connectivity index (χ4n) is 4.40. The van der Waals surface area contributed by atoms with Crippen molar-refractivity contribution in [1.29, 1.82) is 0 Å². The third-order valence-electron chi connectivity index (χ3n) is 5.36. The molecule has 1 heterocycles. The molecule has 0 aromatic carbocycles. The van der Waals surface area contributed by atoms with Gasteiger partial charge in [-0.15, -0.1) is 0 Å². The van der Waals surface area contributed by atoms with Crippen molar-refractivity contribution in [2.45, 2.75) is 83.5 Å². The van der Waals surface area contributed by atoms with Crippen molar-refractivity contribution in [1.82, 2.24) is 4.90 Å². The van der Waals surface area contributed by atoms with Crippen molar-refractivity contribution in [3.8, 4) is 0 Å². The van der Waals surface area contributed by atoms with Gasteiger partial charge < -0.3 is 10.5 Å². The average molecular weight is 282 g/mol. The zero-order valence-electron chi connectivity index (χ0n) is 14.2. The van der Waals surface area contributed by atoms with Crippen molar-refractivity contribution in [3.05, 3.63) is 0 Å². The first-order chi connectivity index (χ1) is 9.22. The van der Waals surface area contributed by atoms with Gasteiger partial charge in [-0.2, -0.15) is 0 Å². The van der Waals surface area contributed by atoms with Crippen molar-refractivity contribution in [2.75, 3.05) is 19.6 Å². The van der Waals surface area contributed by atoms with Crippen LogP contribution in [0.15, 0.2) is 0 Å². The van der Waals surface area contributed by atoms with Gasteiger partial charge >= 0.3 is 0 Å². The number of rotatable bonds is 3. The Bertz CT molecular complexity index is 314. The minimum atomic E-state index is -0.0779. The Hall–Kier alpha value is -0.120. The lowest BCUT2D eigenvalue weighted by Gasteiger charge is -2.56. The van der Waals surface area contributed by atoms with Gasteiger partial charge in [-0.25, -0.2) is 0 Å². The highest BCUT2D eigenvalue weighted by Crippen LogP contribution is 2.41. The predicted molar refractivity (Wildman–Crippen MR) is 84.9 cm³/mol. The Kier molecular flexibility index (Phi) is 4.54. The Morgan fingerprint density at radius 2 is 1.55 bits per heavy atom. The lowest BCUT2D eigenvalue weighted by Crippen LogP contribution is -2.66. The van der Waals surface area contributed by atoms with E-state index < -0.39 is 0 Å². The molecule has 2 fully saturated rings. The van der Waals surface area contributed by atoms with Gasteiger partial charge in [-0.1, -0.05) is 13.3 Å². The van der Waals surface area contributed by atoms with Crippen LogP contribution in [0.5, 0.6) is 0 Å². The van der Waals surface area contributed by atoms with E-state index in [1.807, 2.05) is 0 Å². The molecule has 1 aliphatic carbocycles. The van der Waals surface area contributed by atoms with Crippen LogP contribution in [0.25, 0.3) is 0 Å². The zero-order valence-corrected chi connectivity index (χ0v) is 14.2. The second-order valence-electron chi connectivity index (χ2n) is 8.26. The molecule has 3 heteroatoms. The van der Waals surface area contributed by atoms with Gasteiger partial charge in [0.15, 0.2) is 0 Å². The molecule has 20 heavy (non-hydrogen) atoms. The van der Waals surface area contributed by atoms with E-state index in [1.54, 1.807) is 0 Å². The Labute approximate surface area is 125 Å². The van der Waals surface area contributed by atoms with Crippen LogP contribution < -0.4 is 5.73 Å². The molecule has 2 N–H and O–H groups in total. The van der Waals surface area contributed by atoms with Crippen molar-refractivity contribution in [2.24, 2.45) is 11.7 Å². The molecule has 0 spiro atoms. The van der Waals surface area contributed by atoms with Gasteiger partial charge in [0, 0.05) is 25.2 Å². The quantitative estimate of drug-likeness (QED) is 0.864. The molecule has 0 atom stereocenters. The zero-order chi connectivity index (χ0) is 15.0. The molecular formula is C17H34N2O. The smallest absolute Gasteiger partial charge is 0.0761 e. The SMILES string of the molecule is CCC1CCC(CN)(N2CC(C)(C)OC(C)(C)C2)CC1. The van der Waals surface area contributed by atoms with Crippen LogP contribution in [-0.4, -0.2) is 41.3 Å². The van der Waals surface area contributed by atoms with Gasteiger partial charge in [-0.05, 0) is 59.3 Å². The number of nitrogens with two attached hydrogens (primary N) is 1. The molecular weight excluding hydrogens is 248 g/mol. The molecule has 118 valence electrons. The van der Waals surface area contributed by atoms with E-state index in [1.165, 1.54) is 32.1 Å². The maximum Gasteiger partial charge on any atom is 0.0761 e. The second-order valence-corrected chi connectivity index (χ2v) is 8.26. The Morgan fingerprint density at radius 3 is 1.95 bits per heavy atom. The van der Waals surface area contributed by atoms with Gasteiger partial charge in [0.2, 0.25) is 0 Å². The normalized spacial score (nSPS) is 37.8. The van der Waals surface area contributed by atoms with E-state index in [2.05, 4.69) is 39.5 Å². The van der Waals surface area contributed by atoms with Gasteiger partial charge in [0.1, 0.15) is 0 Å². The first-order valence-corrected chi connectivity index (χ1v) is 8.37. The van der Waals surface area contributed by atoms with Crippen LogP contribution in [0.2, 0.25) is 0 Å². The standard InChI is InChI=1S/C17H34N2O/c1-6-14-7-9-17(11-18,10-8-14)19-12-15(2,3)20-16(4,5)13-19/h14H,6-13,18H2,1-5H3. The van der Waals surface area contributed by atoms with Crippen LogP contribution in [0.1, 0.15) is 66.7 Å². The minimum absolute atomic E-state index is 0.0779. The topological polar surface area (TPSA) is 38.5 Å². The average Bonchev–Trinajstić information content (AvgIpc) is 2.35. The number of hydrogen-bond acceptors (Lipinski definition) is 3. The van der Waals surface area contributed by atoms with Crippen LogP contribution >= 0.6 is 0 Å². The number of morpholine rings is 1. The highest BCUT2D eigenvalue weighted by Gasteiger charge is 2.47. The summed E-state index contributed by atoms with van der Waals surface area (Å²) < 4.78 is 6.23. The highest BCUT2D eigenvalue weighted by molar-refractivity contribution is 5.02. The molecule has 2 rings (SSSR count). The first kappa shape index (κ1) is 16.3. The third-order valence-corrected chi connectivity index (χ3v) is 5.36. The van der Waals surface area contributed by atoms with Gasteiger partial charge in [0.05, 0.1) is 11.2 Å². The monoisotopic (exact) mass is 282 g/mol. The summed E-state index contributed by atoms with van der Waals surface area (Å²) in [6.07, 6.45) is 6.51. The summed E-state index contributed by atoms with van der Waals surface area (Å²) in [5.74, 6) is 0.914. The van der Waals surface area contributed by atoms with E-state index in [-0.39, 0.29) is 16.7 Å². The molecule has 3 nitrogen and oxygen atoms in total. The lowest BCUT2D eigenvalue weighted by molar-refractivity contribution is -0.202. The molecule has 2 aliphatic rings. The minimum Gasteiger partial charge on any atom is -0.367 e. The molecule has 0 bridgehead atoms. The molecule has 1 aliphatic heterocycles. The molecule has 0 aromatic heterocycles. The van der Waals surface area contributed by atoms with Crippen molar-refractivity contribution >= 4 is 0 Å². The van der Waals surface area contributed by atoms with Crippen molar-refractivity contribution in [3.63, 3.8) is 0 Å². The van der Waals surface area contributed by atoms with Crippen LogP contribution in [0.4, 0.5) is 0 Å². The predicted octanol–water partition coefficient (Wildman–Crippen LogP) is 3.17. The van der Waals surface area contributed by atoms with Crippen LogP contribution in [0, 0.1) is 5.92 Å². The number of nitrogens with zero attached hydrogens (tertiary/aromatic N) is 1. The van der Waals surface area contributed by atoms with Gasteiger partial charge in [0.25, 0.3) is 0 Å². The number of hydrogen-bond donors (Lipinski definition) is 1. The van der Waals surface area contributed by atoms with Crippen LogP contribution in [-0.2, 0) is 4.74 Å². The summed E-state index contributed by atoms with van der Waals surface area (Å²) in [5, 5.41) is 0. The fraction of sp³-hybridized carbons (Fsp3) is 1.00. The van der Waals surface area contributed by atoms with E-state index in [0.717, 1.165) is 25.6 Å². The molecule has 0 aromatic rings. The fourth-order valence-corrected chi connectivity index (χ4v) is 4.40. The Morgan fingerprint density at radius 1 is 1.05 bits per heavy atom. The summed E-state index contributed by atoms with van der Waals surface area (Å²) >= 11 is 0. The third kappa shape index (κ3) is 3.37.